The minimum atomic E-state index is -4.05. The zero-order valence-electron chi connectivity index (χ0n) is 9.02. The molecule has 0 saturated carbocycles. The number of aryl methyl sites for hydroxylation is 2. The summed E-state index contributed by atoms with van der Waals surface area (Å²) < 4.78 is 16.1. The molecule has 0 amide bonds. The van der Waals surface area contributed by atoms with Gasteiger partial charge in [-0.1, -0.05) is 17.7 Å². The number of hydrogen-bond donors (Lipinski definition) is 2. The van der Waals surface area contributed by atoms with Crippen LogP contribution in [0.2, 0.25) is 0 Å². The van der Waals surface area contributed by atoms with Gasteiger partial charge in [-0.15, -0.1) is 0 Å². The average molecular weight is 230 g/mol. The highest BCUT2D eigenvalue weighted by Crippen LogP contribution is 2.42. The van der Waals surface area contributed by atoms with E-state index in [-0.39, 0.29) is 6.16 Å². The molecule has 0 aliphatic carbocycles. The second-order valence-corrected chi connectivity index (χ2v) is 5.24. The number of rotatable bonds is 3. The van der Waals surface area contributed by atoms with Crippen molar-refractivity contribution < 1.29 is 19.1 Å². The molecule has 0 bridgehead atoms. The first-order valence-corrected chi connectivity index (χ1v) is 6.32. The van der Waals surface area contributed by atoms with Crippen molar-refractivity contribution in [3.8, 4) is 5.75 Å². The molecular weight excluding hydrogens is 215 g/mol. The molecule has 1 aromatic rings. The Bertz CT molecular complexity index is 408. The van der Waals surface area contributed by atoms with Crippen molar-refractivity contribution in [1.29, 1.82) is 0 Å². The van der Waals surface area contributed by atoms with Crippen LogP contribution in [0.5, 0.6) is 5.75 Å². The van der Waals surface area contributed by atoms with E-state index < -0.39 is 7.60 Å². The molecule has 0 aliphatic rings. The van der Waals surface area contributed by atoms with Crippen molar-refractivity contribution >= 4 is 7.60 Å². The van der Waals surface area contributed by atoms with Crippen LogP contribution >= 0.6 is 7.60 Å². The maximum atomic E-state index is 10.9. The lowest BCUT2D eigenvalue weighted by Gasteiger charge is -2.13. The highest BCUT2D eigenvalue weighted by Gasteiger charge is 2.18. The summed E-state index contributed by atoms with van der Waals surface area (Å²) in [5.74, 6) is 0.559. The van der Waals surface area contributed by atoms with Crippen LogP contribution in [0.4, 0.5) is 0 Å². The lowest BCUT2D eigenvalue weighted by molar-refractivity contribution is 0.368. The third-order valence-electron chi connectivity index (χ3n) is 2.08. The molecule has 1 rings (SSSR count). The summed E-state index contributed by atoms with van der Waals surface area (Å²) in [7, 11) is -2.55. The normalized spacial score (nSPS) is 11.5. The molecule has 15 heavy (non-hydrogen) atoms. The molecule has 0 aromatic heterocycles. The molecule has 0 radical (unpaired) electrons. The minimum Gasteiger partial charge on any atom is -0.496 e. The van der Waals surface area contributed by atoms with Gasteiger partial charge in [-0.25, -0.2) is 0 Å². The van der Waals surface area contributed by atoms with Gasteiger partial charge in [0.05, 0.1) is 13.3 Å². The SMILES string of the molecule is COc1c(C)cc(C)cc1CP(=O)(O)O. The van der Waals surface area contributed by atoms with E-state index in [1.807, 2.05) is 19.9 Å². The third kappa shape index (κ3) is 3.34. The Morgan fingerprint density at radius 2 is 1.93 bits per heavy atom. The molecule has 1 aromatic carbocycles. The summed E-state index contributed by atoms with van der Waals surface area (Å²) in [4.78, 5) is 17.9. The fourth-order valence-corrected chi connectivity index (χ4v) is 2.35. The monoisotopic (exact) mass is 230 g/mol. The van der Waals surface area contributed by atoms with Gasteiger partial charge < -0.3 is 14.5 Å². The van der Waals surface area contributed by atoms with E-state index in [1.54, 1.807) is 6.07 Å². The topological polar surface area (TPSA) is 66.8 Å². The molecule has 84 valence electrons. The van der Waals surface area contributed by atoms with Gasteiger partial charge in [-0.2, -0.15) is 0 Å². The maximum absolute atomic E-state index is 10.9. The molecule has 2 N–H and O–H groups in total. The number of ether oxygens (including phenoxy) is 1. The Balaban J connectivity index is 3.21. The van der Waals surface area contributed by atoms with E-state index in [4.69, 9.17) is 14.5 Å². The quantitative estimate of drug-likeness (QED) is 0.779. The molecule has 0 spiro atoms. The standard InChI is InChI=1S/C10H15O4P/c1-7-4-8(2)10(14-3)9(5-7)6-15(11,12)13/h4-5H,6H2,1-3H3,(H2,11,12,13). The van der Waals surface area contributed by atoms with E-state index >= 15 is 0 Å². The van der Waals surface area contributed by atoms with E-state index in [0.29, 0.717) is 11.3 Å². The molecule has 0 heterocycles. The van der Waals surface area contributed by atoms with Gasteiger partial charge in [0.15, 0.2) is 0 Å². The molecule has 0 saturated heterocycles. The van der Waals surface area contributed by atoms with E-state index in [9.17, 15) is 4.57 Å². The first kappa shape index (κ1) is 12.2. The Labute approximate surface area is 89.1 Å². The zero-order valence-corrected chi connectivity index (χ0v) is 9.91. The van der Waals surface area contributed by atoms with Crippen LogP contribution in [0.1, 0.15) is 16.7 Å². The summed E-state index contributed by atoms with van der Waals surface area (Å²) in [5.41, 5.74) is 2.42. The van der Waals surface area contributed by atoms with Crippen molar-refractivity contribution in [3.63, 3.8) is 0 Å². The van der Waals surface area contributed by atoms with Crippen LogP contribution in [0.25, 0.3) is 0 Å². The summed E-state index contributed by atoms with van der Waals surface area (Å²) in [6.07, 6.45) is -0.279. The second-order valence-electron chi connectivity index (χ2n) is 3.60. The zero-order chi connectivity index (χ0) is 11.6. The molecule has 0 fully saturated rings. The Kier molecular flexibility index (Phi) is 3.55. The lowest BCUT2D eigenvalue weighted by atomic mass is 10.1. The van der Waals surface area contributed by atoms with Crippen LogP contribution in [0.3, 0.4) is 0 Å². The summed E-state index contributed by atoms with van der Waals surface area (Å²) in [6.45, 7) is 3.74. The Hall–Kier alpha value is -0.830. The Morgan fingerprint density at radius 3 is 2.40 bits per heavy atom. The molecular formula is C10H15O4P. The van der Waals surface area contributed by atoms with Crippen LogP contribution in [0.15, 0.2) is 12.1 Å². The number of hydrogen-bond acceptors (Lipinski definition) is 2. The van der Waals surface area contributed by atoms with Crippen LogP contribution in [-0.2, 0) is 10.7 Å². The smallest absolute Gasteiger partial charge is 0.330 e. The van der Waals surface area contributed by atoms with Crippen LogP contribution in [-0.4, -0.2) is 16.9 Å². The van der Waals surface area contributed by atoms with Crippen molar-refractivity contribution in [2.45, 2.75) is 20.0 Å². The first-order valence-electron chi connectivity index (χ1n) is 4.52. The summed E-state index contributed by atoms with van der Waals surface area (Å²) in [6, 6.07) is 3.66. The van der Waals surface area contributed by atoms with Gasteiger partial charge in [-0.3, -0.25) is 4.57 Å². The van der Waals surface area contributed by atoms with Crippen molar-refractivity contribution in [2.24, 2.45) is 0 Å². The Morgan fingerprint density at radius 1 is 1.33 bits per heavy atom. The van der Waals surface area contributed by atoms with E-state index in [2.05, 4.69) is 0 Å². The summed E-state index contributed by atoms with van der Waals surface area (Å²) in [5, 5.41) is 0. The maximum Gasteiger partial charge on any atom is 0.330 e. The van der Waals surface area contributed by atoms with Gasteiger partial charge >= 0.3 is 7.60 Å². The second kappa shape index (κ2) is 4.35. The predicted molar refractivity (Wildman–Crippen MR) is 58.2 cm³/mol. The third-order valence-corrected chi connectivity index (χ3v) is 2.83. The van der Waals surface area contributed by atoms with Gasteiger partial charge in [0, 0.05) is 5.56 Å². The largest absolute Gasteiger partial charge is 0.496 e. The predicted octanol–water partition coefficient (Wildman–Crippen LogP) is 1.99. The van der Waals surface area contributed by atoms with Gasteiger partial charge in [0.2, 0.25) is 0 Å². The van der Waals surface area contributed by atoms with E-state index in [0.717, 1.165) is 11.1 Å². The van der Waals surface area contributed by atoms with Gasteiger partial charge in [0.1, 0.15) is 5.75 Å². The van der Waals surface area contributed by atoms with Crippen molar-refractivity contribution in [3.05, 3.63) is 28.8 Å². The average Bonchev–Trinajstić information content (AvgIpc) is 1.99. The highest BCUT2D eigenvalue weighted by molar-refractivity contribution is 7.50. The van der Waals surface area contributed by atoms with Crippen molar-refractivity contribution in [1.82, 2.24) is 0 Å². The minimum absolute atomic E-state index is 0.279. The molecule has 0 unspecified atom stereocenters. The number of benzene rings is 1. The van der Waals surface area contributed by atoms with Gasteiger partial charge in [0.25, 0.3) is 0 Å². The van der Waals surface area contributed by atoms with E-state index in [1.165, 1.54) is 7.11 Å². The molecule has 0 aliphatic heterocycles. The first-order chi connectivity index (χ1) is 6.83. The van der Waals surface area contributed by atoms with Gasteiger partial charge in [-0.05, 0) is 19.4 Å². The fourth-order valence-electron chi connectivity index (χ4n) is 1.67. The highest BCUT2D eigenvalue weighted by atomic mass is 31.2. The van der Waals surface area contributed by atoms with Crippen molar-refractivity contribution in [2.75, 3.05) is 7.11 Å². The molecule has 4 nitrogen and oxygen atoms in total. The van der Waals surface area contributed by atoms with Crippen LogP contribution < -0.4 is 4.74 Å². The molecule has 5 heteroatoms. The van der Waals surface area contributed by atoms with Crippen LogP contribution in [0, 0.1) is 13.8 Å². The lowest BCUT2D eigenvalue weighted by Crippen LogP contribution is -1.97. The fraction of sp³-hybridized carbons (Fsp3) is 0.400. The summed E-state index contributed by atoms with van der Waals surface area (Å²) >= 11 is 0. The number of methoxy groups -OCH3 is 1. The molecule has 0 atom stereocenters.